The summed E-state index contributed by atoms with van der Waals surface area (Å²) in [5.74, 6) is 0.601. The number of halogens is 2. The maximum absolute atomic E-state index is 13.5. The number of rotatable bonds is 4. The van der Waals surface area contributed by atoms with Crippen molar-refractivity contribution in [2.75, 3.05) is 13.7 Å². The molecule has 1 atom stereocenters. The molecule has 1 aliphatic heterocycles. The summed E-state index contributed by atoms with van der Waals surface area (Å²) >= 11 is 6.05. The van der Waals surface area contributed by atoms with E-state index in [0.717, 1.165) is 24.3 Å². The van der Waals surface area contributed by atoms with Crippen LogP contribution in [0.25, 0.3) is 0 Å². The van der Waals surface area contributed by atoms with Gasteiger partial charge in [-0.05, 0) is 42.3 Å². The quantitative estimate of drug-likeness (QED) is 0.924. The van der Waals surface area contributed by atoms with E-state index in [4.69, 9.17) is 16.3 Å². The summed E-state index contributed by atoms with van der Waals surface area (Å²) in [7, 11) is 1.90. The summed E-state index contributed by atoms with van der Waals surface area (Å²) in [5.41, 5.74) is 3.22. The van der Waals surface area contributed by atoms with E-state index >= 15 is 0 Å². The van der Waals surface area contributed by atoms with Crippen molar-refractivity contribution in [1.29, 1.82) is 0 Å². The highest BCUT2D eigenvalue weighted by Crippen LogP contribution is 2.30. The van der Waals surface area contributed by atoms with Gasteiger partial charge in [0.25, 0.3) is 0 Å². The van der Waals surface area contributed by atoms with Crippen LogP contribution < -0.4 is 10.1 Å². The number of hydrogen-bond acceptors (Lipinski definition) is 2. The third-order valence-corrected chi connectivity index (χ3v) is 4.34. The van der Waals surface area contributed by atoms with Crippen molar-refractivity contribution in [2.45, 2.75) is 18.9 Å². The Hall–Kier alpha value is -1.58. The van der Waals surface area contributed by atoms with Gasteiger partial charge in [0.15, 0.2) is 0 Å². The minimum atomic E-state index is -0.369. The molecular weight excluding hydrogens is 289 g/mol. The summed E-state index contributed by atoms with van der Waals surface area (Å²) in [5, 5.41) is 3.49. The summed E-state index contributed by atoms with van der Waals surface area (Å²) in [6.07, 6.45) is 1.59. The second kappa shape index (κ2) is 6.04. The third kappa shape index (κ3) is 2.89. The van der Waals surface area contributed by atoms with E-state index in [1.165, 1.54) is 17.2 Å². The monoisotopic (exact) mass is 305 g/mol. The molecule has 21 heavy (non-hydrogen) atoms. The van der Waals surface area contributed by atoms with E-state index in [2.05, 4.69) is 17.4 Å². The van der Waals surface area contributed by atoms with Crippen LogP contribution in [0.5, 0.6) is 5.75 Å². The molecule has 0 aliphatic carbocycles. The van der Waals surface area contributed by atoms with Crippen LogP contribution in [0.3, 0.4) is 0 Å². The molecule has 1 aliphatic rings. The predicted molar refractivity (Wildman–Crippen MR) is 82.6 cm³/mol. The zero-order valence-corrected chi connectivity index (χ0v) is 12.6. The van der Waals surface area contributed by atoms with Crippen LogP contribution in [0.4, 0.5) is 4.39 Å². The number of fused-ring (bicyclic) bond motifs is 1. The lowest BCUT2D eigenvalue weighted by Gasteiger charge is -2.18. The van der Waals surface area contributed by atoms with Gasteiger partial charge in [0.05, 0.1) is 11.6 Å². The van der Waals surface area contributed by atoms with Gasteiger partial charge in [-0.15, -0.1) is 0 Å². The van der Waals surface area contributed by atoms with Gasteiger partial charge < -0.3 is 10.1 Å². The maximum Gasteiger partial charge on any atom is 0.142 e. The zero-order chi connectivity index (χ0) is 14.8. The number of hydrogen-bond donors (Lipinski definition) is 1. The van der Waals surface area contributed by atoms with E-state index in [1.807, 2.05) is 19.2 Å². The van der Waals surface area contributed by atoms with Crippen LogP contribution in [0, 0.1) is 5.82 Å². The van der Waals surface area contributed by atoms with Gasteiger partial charge in [-0.3, -0.25) is 0 Å². The number of nitrogens with one attached hydrogen (secondary N) is 1. The van der Waals surface area contributed by atoms with Crippen LogP contribution in [-0.4, -0.2) is 13.7 Å². The second-order valence-electron chi connectivity index (χ2n) is 5.22. The van der Waals surface area contributed by atoms with Crippen molar-refractivity contribution in [2.24, 2.45) is 0 Å². The Morgan fingerprint density at radius 3 is 3.00 bits per heavy atom. The van der Waals surface area contributed by atoms with Gasteiger partial charge in [0.2, 0.25) is 0 Å². The Morgan fingerprint density at radius 1 is 1.33 bits per heavy atom. The molecule has 0 fully saturated rings. The first-order valence-electron chi connectivity index (χ1n) is 7.05. The predicted octanol–water partition coefficient (Wildman–Crippen LogP) is 3.92. The highest BCUT2D eigenvalue weighted by atomic mass is 35.5. The van der Waals surface area contributed by atoms with E-state index in [1.54, 1.807) is 6.07 Å². The molecule has 2 nitrogen and oxygen atoms in total. The molecule has 4 heteroatoms. The minimum Gasteiger partial charge on any atom is -0.493 e. The van der Waals surface area contributed by atoms with Gasteiger partial charge in [-0.1, -0.05) is 35.9 Å². The lowest BCUT2D eigenvalue weighted by molar-refractivity contribution is 0.356. The van der Waals surface area contributed by atoms with Crippen molar-refractivity contribution in [3.63, 3.8) is 0 Å². The molecule has 1 N–H and O–H groups in total. The SMILES string of the molecule is CNC(Cc1cccc(F)c1Cl)c1ccc2c(c1)CCO2. The molecule has 0 amide bonds. The Bertz CT molecular complexity index is 659. The molecule has 0 saturated heterocycles. The van der Waals surface area contributed by atoms with Crippen molar-refractivity contribution in [3.05, 3.63) is 63.9 Å². The Morgan fingerprint density at radius 2 is 2.19 bits per heavy atom. The largest absolute Gasteiger partial charge is 0.493 e. The fraction of sp³-hybridized carbons (Fsp3) is 0.294. The van der Waals surface area contributed by atoms with Gasteiger partial charge in [-0.25, -0.2) is 4.39 Å². The lowest BCUT2D eigenvalue weighted by atomic mass is 9.96. The minimum absolute atomic E-state index is 0.0928. The molecular formula is C17H17ClFNO. The van der Waals surface area contributed by atoms with Gasteiger partial charge in [0.1, 0.15) is 11.6 Å². The molecule has 0 aromatic heterocycles. The van der Waals surface area contributed by atoms with Crippen LogP contribution in [0.2, 0.25) is 5.02 Å². The normalized spacial score (nSPS) is 14.6. The molecule has 1 heterocycles. The summed E-state index contributed by atoms with van der Waals surface area (Å²) in [6, 6.07) is 11.3. The topological polar surface area (TPSA) is 21.3 Å². The fourth-order valence-electron chi connectivity index (χ4n) is 2.74. The van der Waals surface area contributed by atoms with Crippen molar-refractivity contribution < 1.29 is 9.13 Å². The third-order valence-electron chi connectivity index (χ3n) is 3.92. The second-order valence-corrected chi connectivity index (χ2v) is 5.60. The highest BCUT2D eigenvalue weighted by Gasteiger charge is 2.18. The number of likely N-dealkylation sites (N-methyl/N-ethyl adjacent to an activating group) is 1. The van der Waals surface area contributed by atoms with Gasteiger partial charge in [0, 0.05) is 12.5 Å². The first-order chi connectivity index (χ1) is 10.2. The molecule has 1 unspecified atom stereocenters. The van der Waals surface area contributed by atoms with E-state index in [9.17, 15) is 4.39 Å². The van der Waals surface area contributed by atoms with Crippen molar-refractivity contribution >= 4 is 11.6 Å². The Balaban J connectivity index is 1.87. The molecule has 0 saturated carbocycles. The van der Waals surface area contributed by atoms with Crippen LogP contribution in [-0.2, 0) is 12.8 Å². The van der Waals surface area contributed by atoms with E-state index in [0.29, 0.717) is 6.42 Å². The highest BCUT2D eigenvalue weighted by molar-refractivity contribution is 6.31. The molecule has 0 radical (unpaired) electrons. The molecule has 2 aromatic rings. The first-order valence-corrected chi connectivity index (χ1v) is 7.42. The average molecular weight is 306 g/mol. The zero-order valence-electron chi connectivity index (χ0n) is 11.8. The number of benzene rings is 2. The van der Waals surface area contributed by atoms with Crippen LogP contribution in [0.15, 0.2) is 36.4 Å². The summed E-state index contributed by atoms with van der Waals surface area (Å²) < 4.78 is 19.1. The lowest BCUT2D eigenvalue weighted by Crippen LogP contribution is -2.19. The van der Waals surface area contributed by atoms with Crippen molar-refractivity contribution in [1.82, 2.24) is 5.32 Å². The smallest absolute Gasteiger partial charge is 0.142 e. The average Bonchev–Trinajstić information content (AvgIpc) is 2.96. The molecule has 2 aromatic carbocycles. The van der Waals surface area contributed by atoms with Crippen molar-refractivity contribution in [3.8, 4) is 5.75 Å². The molecule has 0 spiro atoms. The maximum atomic E-state index is 13.5. The number of ether oxygens (including phenoxy) is 1. The standard InChI is InChI=1S/C17H17ClFNO/c1-20-15(10-13-3-2-4-14(19)17(13)18)11-5-6-16-12(9-11)7-8-21-16/h2-6,9,15,20H,7-8,10H2,1H3. The van der Waals surface area contributed by atoms with Gasteiger partial charge >= 0.3 is 0 Å². The van der Waals surface area contributed by atoms with E-state index < -0.39 is 0 Å². The summed E-state index contributed by atoms with van der Waals surface area (Å²) in [4.78, 5) is 0. The summed E-state index contributed by atoms with van der Waals surface area (Å²) in [6.45, 7) is 0.749. The van der Waals surface area contributed by atoms with Gasteiger partial charge in [-0.2, -0.15) is 0 Å². The molecule has 0 bridgehead atoms. The van der Waals surface area contributed by atoms with Crippen LogP contribution >= 0.6 is 11.6 Å². The Labute approximate surface area is 128 Å². The Kier molecular flexibility index (Phi) is 4.13. The fourth-order valence-corrected chi connectivity index (χ4v) is 2.94. The molecule has 110 valence electrons. The molecule has 3 rings (SSSR count). The van der Waals surface area contributed by atoms with Crippen LogP contribution in [0.1, 0.15) is 22.7 Å². The first kappa shape index (κ1) is 14.4. The van der Waals surface area contributed by atoms with E-state index in [-0.39, 0.29) is 16.9 Å².